The lowest BCUT2D eigenvalue weighted by Gasteiger charge is -2.23. The highest BCUT2D eigenvalue weighted by molar-refractivity contribution is 5.71. The van der Waals surface area contributed by atoms with Crippen molar-refractivity contribution in [2.24, 2.45) is 0 Å². The van der Waals surface area contributed by atoms with Gasteiger partial charge >= 0.3 is 0 Å². The SMILES string of the molecule is CCc1ccc(CN(C)c2c(C)cccc2N)cc1. The maximum absolute atomic E-state index is 6.08. The molecule has 0 spiro atoms. The third-order valence-electron chi connectivity index (χ3n) is 3.50. The molecule has 0 aliphatic carbocycles. The fourth-order valence-corrected chi connectivity index (χ4v) is 2.44. The van der Waals surface area contributed by atoms with Gasteiger partial charge in [0.05, 0.1) is 11.4 Å². The van der Waals surface area contributed by atoms with Gasteiger partial charge in [-0.3, -0.25) is 0 Å². The summed E-state index contributed by atoms with van der Waals surface area (Å²) in [5.41, 5.74) is 11.9. The van der Waals surface area contributed by atoms with Gasteiger partial charge in [-0.05, 0) is 36.1 Å². The van der Waals surface area contributed by atoms with Crippen molar-refractivity contribution in [2.45, 2.75) is 26.8 Å². The Morgan fingerprint density at radius 2 is 1.63 bits per heavy atom. The van der Waals surface area contributed by atoms with E-state index < -0.39 is 0 Å². The summed E-state index contributed by atoms with van der Waals surface area (Å²) < 4.78 is 0. The van der Waals surface area contributed by atoms with Crippen LogP contribution in [0.15, 0.2) is 42.5 Å². The number of nitrogen functional groups attached to an aromatic ring is 1. The minimum atomic E-state index is 0.840. The molecular formula is C17H22N2. The Morgan fingerprint density at radius 3 is 2.21 bits per heavy atom. The van der Waals surface area contributed by atoms with E-state index in [-0.39, 0.29) is 0 Å². The number of hydrogen-bond donors (Lipinski definition) is 1. The van der Waals surface area contributed by atoms with Crippen molar-refractivity contribution in [3.63, 3.8) is 0 Å². The van der Waals surface area contributed by atoms with Crippen LogP contribution in [0.4, 0.5) is 11.4 Å². The maximum Gasteiger partial charge on any atom is 0.0630 e. The maximum atomic E-state index is 6.08. The van der Waals surface area contributed by atoms with Gasteiger partial charge in [-0.1, -0.05) is 43.3 Å². The smallest absolute Gasteiger partial charge is 0.0630 e. The lowest BCUT2D eigenvalue weighted by molar-refractivity contribution is 0.917. The largest absolute Gasteiger partial charge is 0.397 e. The van der Waals surface area contributed by atoms with Crippen LogP contribution in [0, 0.1) is 6.92 Å². The van der Waals surface area contributed by atoms with Gasteiger partial charge < -0.3 is 10.6 Å². The van der Waals surface area contributed by atoms with Crippen LogP contribution in [0.1, 0.15) is 23.6 Å². The topological polar surface area (TPSA) is 29.3 Å². The number of benzene rings is 2. The molecule has 2 nitrogen and oxygen atoms in total. The van der Waals surface area contributed by atoms with E-state index in [0.29, 0.717) is 0 Å². The Labute approximate surface area is 115 Å². The van der Waals surface area contributed by atoms with Crippen LogP contribution >= 0.6 is 0 Å². The predicted octanol–water partition coefficient (Wildman–Crippen LogP) is 3.78. The van der Waals surface area contributed by atoms with E-state index >= 15 is 0 Å². The molecule has 0 aliphatic heterocycles. The number of para-hydroxylation sites is 1. The van der Waals surface area contributed by atoms with Crippen molar-refractivity contribution in [2.75, 3.05) is 17.7 Å². The molecule has 0 amide bonds. The van der Waals surface area contributed by atoms with Crippen molar-refractivity contribution in [3.8, 4) is 0 Å². The number of aryl methyl sites for hydroxylation is 2. The summed E-state index contributed by atoms with van der Waals surface area (Å²) >= 11 is 0. The summed E-state index contributed by atoms with van der Waals surface area (Å²) in [5.74, 6) is 0. The molecule has 0 radical (unpaired) electrons. The Balaban J connectivity index is 2.18. The zero-order valence-corrected chi connectivity index (χ0v) is 12.0. The second-order valence-corrected chi connectivity index (χ2v) is 5.04. The van der Waals surface area contributed by atoms with E-state index in [2.05, 4.69) is 56.1 Å². The lowest BCUT2D eigenvalue weighted by Crippen LogP contribution is -2.18. The summed E-state index contributed by atoms with van der Waals surface area (Å²) in [6.07, 6.45) is 1.08. The first kappa shape index (κ1) is 13.5. The van der Waals surface area contributed by atoms with Crippen LogP contribution < -0.4 is 10.6 Å². The number of hydrogen-bond acceptors (Lipinski definition) is 2. The van der Waals surface area contributed by atoms with Gasteiger partial charge in [0.1, 0.15) is 0 Å². The van der Waals surface area contributed by atoms with Gasteiger partial charge in [-0.15, -0.1) is 0 Å². The number of anilines is 2. The first-order chi connectivity index (χ1) is 9.11. The Morgan fingerprint density at radius 1 is 1.00 bits per heavy atom. The first-order valence-electron chi connectivity index (χ1n) is 6.76. The molecule has 0 saturated heterocycles. The van der Waals surface area contributed by atoms with Crippen molar-refractivity contribution in [1.82, 2.24) is 0 Å². The van der Waals surface area contributed by atoms with E-state index in [1.807, 2.05) is 12.1 Å². The summed E-state index contributed by atoms with van der Waals surface area (Å²) in [5, 5.41) is 0. The lowest BCUT2D eigenvalue weighted by atomic mass is 10.1. The number of nitrogens with two attached hydrogens (primary N) is 1. The molecule has 100 valence electrons. The first-order valence-corrected chi connectivity index (χ1v) is 6.76. The Bertz CT molecular complexity index is 523. The van der Waals surface area contributed by atoms with Crippen molar-refractivity contribution >= 4 is 11.4 Å². The molecule has 0 bridgehead atoms. The minimum Gasteiger partial charge on any atom is -0.397 e. The van der Waals surface area contributed by atoms with Crippen LogP contribution in [-0.2, 0) is 13.0 Å². The molecule has 2 heteroatoms. The molecule has 19 heavy (non-hydrogen) atoms. The molecule has 0 unspecified atom stereocenters. The third-order valence-corrected chi connectivity index (χ3v) is 3.50. The van der Waals surface area contributed by atoms with Crippen LogP contribution in [0.25, 0.3) is 0 Å². The van der Waals surface area contributed by atoms with E-state index in [0.717, 1.165) is 24.3 Å². The second kappa shape index (κ2) is 5.79. The molecule has 0 aliphatic rings. The molecule has 2 N–H and O–H groups in total. The highest BCUT2D eigenvalue weighted by Crippen LogP contribution is 2.27. The normalized spacial score (nSPS) is 10.5. The van der Waals surface area contributed by atoms with Crippen molar-refractivity contribution in [3.05, 3.63) is 59.2 Å². The molecule has 0 heterocycles. The van der Waals surface area contributed by atoms with Crippen LogP contribution in [0.5, 0.6) is 0 Å². The van der Waals surface area contributed by atoms with Crippen LogP contribution in [0.3, 0.4) is 0 Å². The average Bonchev–Trinajstić information content (AvgIpc) is 2.39. The molecule has 0 atom stereocenters. The van der Waals surface area contributed by atoms with Gasteiger partial charge in [0.25, 0.3) is 0 Å². The second-order valence-electron chi connectivity index (χ2n) is 5.04. The quantitative estimate of drug-likeness (QED) is 0.841. The molecule has 0 fully saturated rings. The molecule has 0 saturated carbocycles. The minimum absolute atomic E-state index is 0.840. The summed E-state index contributed by atoms with van der Waals surface area (Å²) in [7, 11) is 2.09. The zero-order chi connectivity index (χ0) is 13.8. The van der Waals surface area contributed by atoms with Gasteiger partial charge in [-0.2, -0.15) is 0 Å². The fraction of sp³-hybridized carbons (Fsp3) is 0.294. The van der Waals surface area contributed by atoms with Gasteiger partial charge in [0.2, 0.25) is 0 Å². The Kier molecular flexibility index (Phi) is 4.10. The zero-order valence-electron chi connectivity index (χ0n) is 12.0. The molecular weight excluding hydrogens is 232 g/mol. The fourth-order valence-electron chi connectivity index (χ4n) is 2.44. The predicted molar refractivity (Wildman–Crippen MR) is 83.5 cm³/mol. The average molecular weight is 254 g/mol. The van der Waals surface area contributed by atoms with Gasteiger partial charge in [0, 0.05) is 13.6 Å². The van der Waals surface area contributed by atoms with Crippen LogP contribution in [-0.4, -0.2) is 7.05 Å². The van der Waals surface area contributed by atoms with E-state index in [1.54, 1.807) is 0 Å². The summed E-state index contributed by atoms with van der Waals surface area (Å²) in [6.45, 7) is 5.15. The van der Waals surface area contributed by atoms with Gasteiger partial charge in [0.15, 0.2) is 0 Å². The number of rotatable bonds is 4. The third kappa shape index (κ3) is 3.08. The van der Waals surface area contributed by atoms with Crippen molar-refractivity contribution in [1.29, 1.82) is 0 Å². The van der Waals surface area contributed by atoms with E-state index in [1.165, 1.54) is 16.7 Å². The molecule has 2 rings (SSSR count). The van der Waals surface area contributed by atoms with E-state index in [9.17, 15) is 0 Å². The molecule has 2 aromatic rings. The standard InChI is InChI=1S/C17H22N2/c1-4-14-8-10-15(11-9-14)12-19(3)17-13(2)6-5-7-16(17)18/h5-11H,4,12,18H2,1-3H3. The summed E-state index contributed by atoms with van der Waals surface area (Å²) in [6, 6.07) is 14.8. The highest BCUT2D eigenvalue weighted by atomic mass is 15.1. The Hall–Kier alpha value is -1.96. The molecule has 0 aromatic heterocycles. The number of nitrogens with zero attached hydrogens (tertiary/aromatic N) is 1. The monoisotopic (exact) mass is 254 g/mol. The van der Waals surface area contributed by atoms with E-state index in [4.69, 9.17) is 5.73 Å². The highest BCUT2D eigenvalue weighted by Gasteiger charge is 2.08. The molecule has 2 aromatic carbocycles. The van der Waals surface area contributed by atoms with Gasteiger partial charge in [-0.25, -0.2) is 0 Å². The summed E-state index contributed by atoms with van der Waals surface area (Å²) in [4.78, 5) is 2.21. The van der Waals surface area contributed by atoms with Crippen LogP contribution in [0.2, 0.25) is 0 Å². The van der Waals surface area contributed by atoms with Crippen molar-refractivity contribution < 1.29 is 0 Å².